The standard InChI is InChI=1S/C17H36N4O12P2/c1-3-19(11-14(22)23)7-8-20(12-15(24)25)9-10-21(4-2)13(16(18)26)5-6-17(27,34(28,29)30)35(31,32)33/h13,27H,3-12H2,1-2H3,(H2,18,26)(H,22,23)(H,24,25)(H2,28,29,30)(H2,31,32,33). The van der Waals surface area contributed by atoms with Gasteiger partial charge < -0.3 is 40.6 Å². The fourth-order valence-corrected chi connectivity index (χ4v) is 5.58. The minimum atomic E-state index is -5.71. The van der Waals surface area contributed by atoms with Gasteiger partial charge in [-0.15, -0.1) is 0 Å². The Morgan fingerprint density at radius 1 is 0.829 bits per heavy atom. The molecule has 0 saturated heterocycles. The van der Waals surface area contributed by atoms with E-state index in [2.05, 4.69) is 0 Å². The van der Waals surface area contributed by atoms with Crippen LogP contribution in [0.15, 0.2) is 0 Å². The van der Waals surface area contributed by atoms with Gasteiger partial charge in [-0.2, -0.15) is 0 Å². The van der Waals surface area contributed by atoms with Crippen molar-refractivity contribution in [3.63, 3.8) is 0 Å². The van der Waals surface area contributed by atoms with Crippen molar-refractivity contribution in [3.8, 4) is 0 Å². The Kier molecular flexibility index (Phi) is 13.7. The monoisotopic (exact) mass is 550 g/mol. The molecule has 0 saturated carbocycles. The van der Waals surface area contributed by atoms with Crippen LogP contribution >= 0.6 is 15.2 Å². The van der Waals surface area contributed by atoms with Crippen LogP contribution in [0.25, 0.3) is 0 Å². The molecule has 206 valence electrons. The third kappa shape index (κ3) is 11.0. The van der Waals surface area contributed by atoms with E-state index in [1.165, 1.54) is 9.80 Å². The van der Waals surface area contributed by atoms with Gasteiger partial charge in [0.25, 0.3) is 5.08 Å². The summed E-state index contributed by atoms with van der Waals surface area (Å²) in [6.07, 6.45) is -1.73. The van der Waals surface area contributed by atoms with Gasteiger partial charge in [0.15, 0.2) is 0 Å². The molecule has 18 heteroatoms. The van der Waals surface area contributed by atoms with Crippen LogP contribution in [0.1, 0.15) is 26.7 Å². The summed E-state index contributed by atoms with van der Waals surface area (Å²) < 4.78 is 23.2. The summed E-state index contributed by atoms with van der Waals surface area (Å²) in [5.74, 6) is -3.16. The molecule has 1 atom stereocenters. The Balaban J connectivity index is 5.48. The Bertz CT molecular complexity index is 795. The third-order valence-corrected chi connectivity index (χ3v) is 9.34. The molecule has 0 spiro atoms. The van der Waals surface area contributed by atoms with E-state index in [1.807, 2.05) is 0 Å². The normalized spacial score (nSPS) is 14.0. The maximum Gasteiger partial charge on any atom is 0.369 e. The number of amides is 1. The molecule has 35 heavy (non-hydrogen) atoms. The van der Waals surface area contributed by atoms with E-state index in [0.29, 0.717) is 6.54 Å². The summed E-state index contributed by atoms with van der Waals surface area (Å²) in [5, 5.41) is 24.5. The van der Waals surface area contributed by atoms with Gasteiger partial charge in [0.2, 0.25) is 5.91 Å². The van der Waals surface area contributed by atoms with Gasteiger partial charge in [0.1, 0.15) is 0 Å². The lowest BCUT2D eigenvalue weighted by Gasteiger charge is -2.34. The van der Waals surface area contributed by atoms with Gasteiger partial charge in [0.05, 0.1) is 19.1 Å². The molecule has 0 aliphatic heterocycles. The predicted octanol–water partition coefficient (Wildman–Crippen LogP) is -2.26. The highest BCUT2D eigenvalue weighted by molar-refractivity contribution is 7.72. The number of nitrogens with zero attached hydrogens (tertiary/aromatic N) is 3. The Hall–Kier alpha value is -1.45. The van der Waals surface area contributed by atoms with Crippen molar-refractivity contribution in [1.82, 2.24) is 14.7 Å². The third-order valence-electron chi connectivity index (χ3n) is 5.46. The first-order valence-corrected chi connectivity index (χ1v) is 13.9. The van der Waals surface area contributed by atoms with Crippen LogP contribution in [0.4, 0.5) is 0 Å². The summed E-state index contributed by atoms with van der Waals surface area (Å²) >= 11 is 0. The number of aliphatic carboxylic acids is 2. The number of hydrogen-bond donors (Lipinski definition) is 8. The van der Waals surface area contributed by atoms with Crippen molar-refractivity contribution in [2.75, 3.05) is 52.4 Å². The van der Waals surface area contributed by atoms with Gasteiger partial charge >= 0.3 is 27.1 Å². The molecule has 0 aliphatic rings. The first-order chi connectivity index (χ1) is 15.9. The van der Waals surface area contributed by atoms with Crippen LogP contribution in [-0.2, 0) is 23.5 Å². The van der Waals surface area contributed by atoms with E-state index in [-0.39, 0.29) is 45.8 Å². The summed E-state index contributed by atoms with van der Waals surface area (Å²) in [5.41, 5.74) is 5.39. The van der Waals surface area contributed by atoms with Crippen molar-refractivity contribution in [1.29, 1.82) is 0 Å². The second-order valence-electron chi connectivity index (χ2n) is 7.88. The second-order valence-corrected chi connectivity index (χ2v) is 11.9. The number of carbonyl (C=O) groups excluding carboxylic acids is 1. The lowest BCUT2D eigenvalue weighted by Crippen LogP contribution is -2.49. The highest BCUT2D eigenvalue weighted by atomic mass is 31.2. The van der Waals surface area contributed by atoms with Gasteiger partial charge in [-0.25, -0.2) is 0 Å². The van der Waals surface area contributed by atoms with Crippen molar-refractivity contribution in [2.45, 2.75) is 37.8 Å². The maximum atomic E-state index is 12.0. The molecule has 1 amide bonds. The molecule has 0 heterocycles. The molecule has 0 fully saturated rings. The van der Waals surface area contributed by atoms with E-state index in [0.717, 1.165) is 0 Å². The quantitative estimate of drug-likeness (QED) is 0.0789. The van der Waals surface area contributed by atoms with Gasteiger partial charge in [-0.05, 0) is 19.5 Å². The smallest absolute Gasteiger partial charge is 0.369 e. The first-order valence-electron chi connectivity index (χ1n) is 10.6. The summed E-state index contributed by atoms with van der Waals surface area (Å²) in [7, 11) is -11.4. The molecule has 16 nitrogen and oxygen atoms in total. The SMILES string of the molecule is CCN(CCN(CCN(CC)C(CCC(O)(P(=O)(O)O)P(=O)(O)O)C(N)=O)CC(=O)O)CC(=O)O. The predicted molar refractivity (Wildman–Crippen MR) is 122 cm³/mol. The van der Waals surface area contributed by atoms with E-state index in [1.54, 1.807) is 18.7 Å². The van der Waals surface area contributed by atoms with Crippen LogP contribution in [0.3, 0.4) is 0 Å². The minimum absolute atomic E-state index is 0.0344. The molecular formula is C17H36N4O12P2. The van der Waals surface area contributed by atoms with Crippen LogP contribution < -0.4 is 5.73 Å². The van der Waals surface area contributed by atoms with Crippen LogP contribution in [0.2, 0.25) is 0 Å². The largest absolute Gasteiger partial charge is 0.480 e. The molecule has 0 bridgehead atoms. The highest BCUT2D eigenvalue weighted by Gasteiger charge is 2.59. The maximum absolute atomic E-state index is 12.0. The van der Waals surface area contributed by atoms with E-state index >= 15 is 0 Å². The molecule has 0 aromatic heterocycles. The van der Waals surface area contributed by atoms with E-state index in [4.69, 9.17) is 10.8 Å². The number of primary amides is 1. The molecule has 9 N–H and O–H groups in total. The molecule has 0 aromatic rings. The zero-order valence-corrected chi connectivity index (χ0v) is 21.4. The summed E-state index contributed by atoms with van der Waals surface area (Å²) in [6, 6.07) is -1.28. The van der Waals surface area contributed by atoms with Crippen LogP contribution in [-0.4, -0.2) is 131 Å². The van der Waals surface area contributed by atoms with Crippen molar-refractivity contribution >= 4 is 33.0 Å². The Morgan fingerprint density at radius 3 is 1.63 bits per heavy atom. The van der Waals surface area contributed by atoms with Crippen molar-refractivity contribution < 1.29 is 58.4 Å². The van der Waals surface area contributed by atoms with E-state index < -0.39 is 57.0 Å². The average molecular weight is 550 g/mol. The molecule has 0 aliphatic carbocycles. The number of nitrogens with two attached hydrogens (primary N) is 1. The lowest BCUT2D eigenvalue weighted by molar-refractivity contribution is -0.140. The number of carboxylic acids is 2. The van der Waals surface area contributed by atoms with Gasteiger partial charge in [-0.3, -0.25) is 38.2 Å². The molecule has 0 rings (SSSR count). The number of rotatable bonds is 19. The lowest BCUT2D eigenvalue weighted by atomic mass is 10.1. The zero-order chi connectivity index (χ0) is 27.6. The fraction of sp³-hybridized carbons (Fsp3) is 0.824. The Labute approximate surface area is 202 Å². The minimum Gasteiger partial charge on any atom is -0.480 e. The highest BCUT2D eigenvalue weighted by Crippen LogP contribution is 2.69. The molecule has 0 aromatic carbocycles. The van der Waals surface area contributed by atoms with Crippen LogP contribution in [0.5, 0.6) is 0 Å². The van der Waals surface area contributed by atoms with Crippen LogP contribution in [0, 0.1) is 0 Å². The average Bonchev–Trinajstić information content (AvgIpc) is 2.69. The van der Waals surface area contributed by atoms with Crippen molar-refractivity contribution in [2.24, 2.45) is 5.73 Å². The number of likely N-dealkylation sites (N-methyl/N-ethyl adjacent to an activating group) is 2. The number of carbonyl (C=O) groups is 3. The molecular weight excluding hydrogens is 514 g/mol. The van der Waals surface area contributed by atoms with Gasteiger partial charge in [0, 0.05) is 32.6 Å². The fourth-order valence-electron chi connectivity index (χ4n) is 3.38. The first kappa shape index (κ1) is 33.5. The number of aliphatic hydroxyl groups is 1. The van der Waals surface area contributed by atoms with Crippen molar-refractivity contribution in [3.05, 3.63) is 0 Å². The summed E-state index contributed by atoms with van der Waals surface area (Å²) in [6.45, 7) is 3.85. The Morgan fingerprint density at radius 2 is 1.26 bits per heavy atom. The molecule has 1 unspecified atom stereocenters. The topological polar surface area (TPSA) is 263 Å². The number of hydrogen-bond acceptors (Lipinski definition) is 9. The number of carboxylic acid groups (broad SMARTS) is 2. The second kappa shape index (κ2) is 14.3. The summed E-state index contributed by atoms with van der Waals surface area (Å²) in [4.78, 5) is 75.9. The van der Waals surface area contributed by atoms with Gasteiger partial charge in [-0.1, -0.05) is 13.8 Å². The molecule has 0 radical (unpaired) electrons. The van der Waals surface area contributed by atoms with E-state index in [9.17, 15) is 53.3 Å². The zero-order valence-electron chi connectivity index (χ0n) is 19.6.